The van der Waals surface area contributed by atoms with E-state index in [1.165, 1.54) is 0 Å². The van der Waals surface area contributed by atoms with E-state index in [0.29, 0.717) is 0 Å². The van der Waals surface area contributed by atoms with E-state index in [-0.39, 0.29) is 24.3 Å². The highest BCUT2D eigenvalue weighted by Gasteiger charge is 2.25. The second-order valence-corrected chi connectivity index (χ2v) is 5.77. The second-order valence-electron chi connectivity index (χ2n) is 4.85. The van der Waals surface area contributed by atoms with Crippen LogP contribution in [0, 0.1) is 12.8 Å². The molecule has 1 aromatic carbocycles. The van der Waals surface area contributed by atoms with E-state index < -0.39 is 0 Å². The smallest absolute Gasteiger partial charge is 0.243 e. The fourth-order valence-corrected chi connectivity index (χ4v) is 2.42. The summed E-state index contributed by atoms with van der Waals surface area (Å²) in [6.07, 6.45) is 3.00. The minimum atomic E-state index is -0.196. The third-order valence-electron chi connectivity index (χ3n) is 3.36. The van der Waals surface area contributed by atoms with Crippen LogP contribution in [0.25, 0.3) is 0 Å². The van der Waals surface area contributed by atoms with Gasteiger partial charge in [0.2, 0.25) is 11.8 Å². The van der Waals surface area contributed by atoms with Gasteiger partial charge in [-0.1, -0.05) is 22.4 Å². The Morgan fingerprint density at radius 2 is 2.11 bits per heavy atom. The van der Waals surface area contributed by atoms with Crippen molar-refractivity contribution in [3.63, 3.8) is 0 Å². The van der Waals surface area contributed by atoms with Crippen molar-refractivity contribution in [2.75, 3.05) is 11.9 Å². The number of rotatable bonds is 4. The van der Waals surface area contributed by atoms with Gasteiger partial charge in [-0.15, -0.1) is 0 Å². The van der Waals surface area contributed by atoms with Crippen molar-refractivity contribution in [3.05, 3.63) is 28.2 Å². The molecular formula is C14H17BrN2O2. The van der Waals surface area contributed by atoms with E-state index in [2.05, 4.69) is 26.6 Å². The zero-order valence-electron chi connectivity index (χ0n) is 10.8. The summed E-state index contributed by atoms with van der Waals surface area (Å²) in [5.74, 6) is -0.0887. The molecule has 0 radical (unpaired) electrons. The molecule has 0 spiro atoms. The van der Waals surface area contributed by atoms with Gasteiger partial charge in [0, 0.05) is 16.1 Å². The van der Waals surface area contributed by atoms with E-state index in [0.717, 1.165) is 35.0 Å². The first-order valence-corrected chi connectivity index (χ1v) is 7.19. The van der Waals surface area contributed by atoms with Crippen LogP contribution in [0.5, 0.6) is 0 Å². The molecule has 1 aromatic rings. The average molecular weight is 325 g/mol. The molecule has 0 heterocycles. The standard InChI is InChI=1S/C14H17BrN2O2/c1-9-7-11(15)5-6-12(9)17-13(18)8-16-14(19)10-3-2-4-10/h5-7,10H,2-4,8H2,1H3,(H,16,19)(H,17,18). The molecule has 0 atom stereocenters. The lowest BCUT2D eigenvalue weighted by Gasteiger charge is -2.23. The van der Waals surface area contributed by atoms with Crippen molar-refractivity contribution in [1.29, 1.82) is 0 Å². The van der Waals surface area contributed by atoms with Crippen LogP contribution in [-0.2, 0) is 9.59 Å². The van der Waals surface area contributed by atoms with Crippen molar-refractivity contribution < 1.29 is 9.59 Å². The Morgan fingerprint density at radius 3 is 2.68 bits per heavy atom. The maximum absolute atomic E-state index is 11.7. The number of carbonyl (C=O) groups is 2. The number of anilines is 1. The van der Waals surface area contributed by atoms with Crippen molar-refractivity contribution in [1.82, 2.24) is 5.32 Å². The van der Waals surface area contributed by atoms with Gasteiger partial charge in [-0.25, -0.2) is 0 Å². The highest BCUT2D eigenvalue weighted by Crippen LogP contribution is 2.26. The van der Waals surface area contributed by atoms with Crippen LogP contribution in [0.1, 0.15) is 24.8 Å². The minimum Gasteiger partial charge on any atom is -0.347 e. The first kappa shape index (κ1) is 14.1. The molecule has 2 N–H and O–H groups in total. The molecule has 19 heavy (non-hydrogen) atoms. The summed E-state index contributed by atoms with van der Waals surface area (Å²) in [5, 5.41) is 5.47. The number of carbonyl (C=O) groups excluding carboxylic acids is 2. The molecule has 0 aromatic heterocycles. The summed E-state index contributed by atoms with van der Waals surface area (Å²) in [4.78, 5) is 23.3. The minimum absolute atomic E-state index is 0.00562. The van der Waals surface area contributed by atoms with Crippen molar-refractivity contribution >= 4 is 33.4 Å². The molecule has 1 aliphatic carbocycles. The number of amides is 2. The van der Waals surface area contributed by atoms with Crippen molar-refractivity contribution in [2.24, 2.45) is 5.92 Å². The van der Waals surface area contributed by atoms with Gasteiger partial charge in [0.05, 0.1) is 6.54 Å². The van der Waals surface area contributed by atoms with Crippen molar-refractivity contribution in [3.8, 4) is 0 Å². The Morgan fingerprint density at radius 1 is 1.37 bits per heavy atom. The van der Waals surface area contributed by atoms with Gasteiger partial charge >= 0.3 is 0 Å². The normalized spacial score (nSPS) is 14.6. The molecule has 0 unspecified atom stereocenters. The summed E-state index contributed by atoms with van der Waals surface area (Å²) in [6, 6.07) is 5.64. The monoisotopic (exact) mass is 324 g/mol. The Hall–Kier alpha value is -1.36. The Bertz CT molecular complexity index is 498. The largest absolute Gasteiger partial charge is 0.347 e. The molecule has 2 amide bonds. The van der Waals surface area contributed by atoms with Gasteiger partial charge in [0.15, 0.2) is 0 Å². The Balaban J connectivity index is 1.81. The van der Waals surface area contributed by atoms with Crippen LogP contribution in [0.4, 0.5) is 5.69 Å². The second kappa shape index (κ2) is 6.19. The topological polar surface area (TPSA) is 58.2 Å². The van der Waals surface area contributed by atoms with Crippen LogP contribution in [-0.4, -0.2) is 18.4 Å². The van der Waals surface area contributed by atoms with Crippen LogP contribution < -0.4 is 10.6 Å². The Labute approximate surface area is 121 Å². The SMILES string of the molecule is Cc1cc(Br)ccc1NC(=O)CNC(=O)C1CCC1. The molecule has 0 saturated heterocycles. The van der Waals surface area contributed by atoms with Crippen LogP contribution in [0.2, 0.25) is 0 Å². The molecule has 1 aliphatic rings. The molecule has 2 rings (SSSR count). The molecule has 102 valence electrons. The average Bonchev–Trinajstić information content (AvgIpc) is 2.28. The fraction of sp³-hybridized carbons (Fsp3) is 0.429. The number of aryl methyl sites for hydroxylation is 1. The zero-order chi connectivity index (χ0) is 13.8. The van der Waals surface area contributed by atoms with Gasteiger partial charge in [-0.3, -0.25) is 9.59 Å². The molecule has 1 saturated carbocycles. The molecular weight excluding hydrogens is 308 g/mol. The van der Waals surface area contributed by atoms with E-state index in [1.807, 2.05) is 25.1 Å². The van der Waals surface area contributed by atoms with Gasteiger partial charge in [-0.05, 0) is 43.5 Å². The third kappa shape index (κ3) is 3.80. The van der Waals surface area contributed by atoms with Crippen LogP contribution in [0.15, 0.2) is 22.7 Å². The first-order valence-electron chi connectivity index (χ1n) is 6.40. The maximum Gasteiger partial charge on any atom is 0.243 e. The number of hydrogen-bond acceptors (Lipinski definition) is 2. The highest BCUT2D eigenvalue weighted by molar-refractivity contribution is 9.10. The fourth-order valence-electron chi connectivity index (χ4n) is 1.94. The summed E-state index contributed by atoms with van der Waals surface area (Å²) >= 11 is 3.37. The molecule has 5 heteroatoms. The lowest BCUT2D eigenvalue weighted by molar-refractivity contribution is -0.129. The predicted octanol–water partition coefficient (Wildman–Crippen LogP) is 2.61. The predicted molar refractivity (Wildman–Crippen MR) is 77.9 cm³/mol. The zero-order valence-corrected chi connectivity index (χ0v) is 12.4. The summed E-state index contributed by atoms with van der Waals surface area (Å²) in [6.45, 7) is 1.96. The molecule has 4 nitrogen and oxygen atoms in total. The summed E-state index contributed by atoms with van der Waals surface area (Å²) in [7, 11) is 0. The maximum atomic E-state index is 11.7. The van der Waals surface area contributed by atoms with Gasteiger partial charge < -0.3 is 10.6 Å². The van der Waals surface area contributed by atoms with E-state index in [4.69, 9.17) is 0 Å². The third-order valence-corrected chi connectivity index (χ3v) is 3.85. The number of nitrogens with one attached hydrogen (secondary N) is 2. The van der Waals surface area contributed by atoms with Crippen LogP contribution >= 0.6 is 15.9 Å². The molecule has 1 fully saturated rings. The lowest BCUT2D eigenvalue weighted by atomic mass is 9.85. The van der Waals surface area contributed by atoms with E-state index in [1.54, 1.807) is 0 Å². The van der Waals surface area contributed by atoms with E-state index in [9.17, 15) is 9.59 Å². The first-order chi connectivity index (χ1) is 9.06. The van der Waals surface area contributed by atoms with Gasteiger partial charge in [0.1, 0.15) is 0 Å². The number of hydrogen-bond donors (Lipinski definition) is 2. The lowest BCUT2D eigenvalue weighted by Crippen LogP contribution is -2.39. The van der Waals surface area contributed by atoms with Crippen molar-refractivity contribution in [2.45, 2.75) is 26.2 Å². The van der Waals surface area contributed by atoms with Crippen LogP contribution in [0.3, 0.4) is 0 Å². The van der Waals surface area contributed by atoms with Gasteiger partial charge in [-0.2, -0.15) is 0 Å². The van der Waals surface area contributed by atoms with E-state index >= 15 is 0 Å². The Kier molecular flexibility index (Phi) is 4.58. The number of halogens is 1. The molecule has 0 aliphatic heterocycles. The quantitative estimate of drug-likeness (QED) is 0.894. The summed E-state index contributed by atoms with van der Waals surface area (Å²) in [5.41, 5.74) is 1.75. The van der Waals surface area contributed by atoms with Gasteiger partial charge in [0.25, 0.3) is 0 Å². The molecule has 0 bridgehead atoms. The summed E-state index contributed by atoms with van der Waals surface area (Å²) < 4.78 is 0.973. The highest BCUT2D eigenvalue weighted by atomic mass is 79.9. The number of benzene rings is 1.